The van der Waals surface area contributed by atoms with Gasteiger partial charge in [0.25, 0.3) is 0 Å². The molecule has 1 heterocycles. The van der Waals surface area contributed by atoms with Gasteiger partial charge in [-0.2, -0.15) is 0 Å². The molecule has 0 amide bonds. The number of benzene rings is 1. The first kappa shape index (κ1) is 13.2. The summed E-state index contributed by atoms with van der Waals surface area (Å²) in [6.45, 7) is 4.20. The number of hydrogen-bond donors (Lipinski definition) is 1. The van der Waals surface area contributed by atoms with Gasteiger partial charge in [-0.05, 0) is 47.5 Å². The Balaban J connectivity index is 2.16. The largest absolute Gasteiger partial charge is 0.324 e. The summed E-state index contributed by atoms with van der Waals surface area (Å²) in [5.74, 6) is 0. The highest BCUT2D eigenvalue weighted by Crippen LogP contribution is 2.19. The van der Waals surface area contributed by atoms with Gasteiger partial charge in [-0.15, -0.1) is 0 Å². The van der Waals surface area contributed by atoms with Gasteiger partial charge in [0, 0.05) is 28.8 Å². The van der Waals surface area contributed by atoms with Crippen molar-refractivity contribution in [1.82, 2.24) is 4.98 Å². The second-order valence-electron chi connectivity index (χ2n) is 4.70. The highest BCUT2D eigenvalue weighted by Gasteiger charge is 2.09. The Bertz CT molecular complexity index is 514. The van der Waals surface area contributed by atoms with Crippen molar-refractivity contribution in [1.29, 1.82) is 0 Å². The number of aryl methyl sites for hydroxylation is 2. The average Bonchev–Trinajstić information content (AvgIpc) is 2.31. The maximum Gasteiger partial charge on any atom is 0.0423 e. The lowest BCUT2D eigenvalue weighted by Gasteiger charge is -2.13. The van der Waals surface area contributed by atoms with Crippen LogP contribution in [0, 0.1) is 13.8 Å². The summed E-state index contributed by atoms with van der Waals surface area (Å²) in [5.41, 5.74) is 11.0. The molecule has 0 bridgehead atoms. The van der Waals surface area contributed by atoms with Crippen molar-refractivity contribution in [2.45, 2.75) is 26.3 Å². The normalized spacial score (nSPS) is 12.4. The van der Waals surface area contributed by atoms with E-state index in [1.54, 1.807) is 0 Å². The van der Waals surface area contributed by atoms with Crippen LogP contribution in [0.3, 0.4) is 0 Å². The molecule has 0 fully saturated rings. The van der Waals surface area contributed by atoms with E-state index in [-0.39, 0.29) is 6.04 Å². The number of hydrogen-bond acceptors (Lipinski definition) is 2. The molecule has 0 spiro atoms. The maximum atomic E-state index is 6.25. The minimum Gasteiger partial charge on any atom is -0.324 e. The predicted molar refractivity (Wildman–Crippen MR) is 78.5 cm³/mol. The Morgan fingerprint density at radius 2 is 1.83 bits per heavy atom. The quantitative estimate of drug-likeness (QED) is 0.939. The van der Waals surface area contributed by atoms with Crippen molar-refractivity contribution in [2.75, 3.05) is 0 Å². The third kappa shape index (κ3) is 3.40. The van der Waals surface area contributed by atoms with Crippen LogP contribution in [0.15, 0.2) is 41.0 Å². The first-order chi connectivity index (χ1) is 8.54. The van der Waals surface area contributed by atoms with Crippen LogP contribution in [-0.4, -0.2) is 4.98 Å². The monoisotopic (exact) mass is 304 g/mol. The standard InChI is InChI=1S/C15H17BrN2/c1-10-5-11(2)7-12(6-10)15(17)8-14-4-3-13(16)9-18-14/h3-7,9,15H,8,17H2,1-2H3. The van der Waals surface area contributed by atoms with Gasteiger partial charge < -0.3 is 5.73 Å². The van der Waals surface area contributed by atoms with Crippen molar-refractivity contribution in [3.05, 3.63) is 63.4 Å². The molecule has 94 valence electrons. The molecule has 3 heteroatoms. The molecule has 0 aliphatic rings. The Morgan fingerprint density at radius 3 is 2.39 bits per heavy atom. The van der Waals surface area contributed by atoms with E-state index in [1.165, 1.54) is 16.7 Å². The smallest absolute Gasteiger partial charge is 0.0423 e. The van der Waals surface area contributed by atoms with E-state index in [9.17, 15) is 0 Å². The van der Waals surface area contributed by atoms with E-state index in [2.05, 4.69) is 53.0 Å². The molecule has 0 aliphatic heterocycles. The third-order valence-electron chi connectivity index (χ3n) is 2.89. The van der Waals surface area contributed by atoms with Crippen LogP contribution in [-0.2, 0) is 6.42 Å². The van der Waals surface area contributed by atoms with Crippen molar-refractivity contribution < 1.29 is 0 Å². The van der Waals surface area contributed by atoms with Gasteiger partial charge in [0.05, 0.1) is 0 Å². The van der Waals surface area contributed by atoms with Crippen molar-refractivity contribution in [3.63, 3.8) is 0 Å². The third-order valence-corrected chi connectivity index (χ3v) is 3.36. The molecule has 0 saturated heterocycles. The topological polar surface area (TPSA) is 38.9 Å². The summed E-state index contributed by atoms with van der Waals surface area (Å²) in [4.78, 5) is 4.36. The second-order valence-corrected chi connectivity index (χ2v) is 5.62. The van der Waals surface area contributed by atoms with Gasteiger partial charge in [-0.1, -0.05) is 29.3 Å². The average molecular weight is 305 g/mol. The zero-order valence-electron chi connectivity index (χ0n) is 10.7. The number of aromatic nitrogens is 1. The molecule has 1 aromatic heterocycles. The van der Waals surface area contributed by atoms with Gasteiger partial charge in [-0.25, -0.2) is 0 Å². The molecule has 0 radical (unpaired) electrons. The summed E-state index contributed by atoms with van der Waals surface area (Å²) in [5, 5.41) is 0. The molecular formula is C15H17BrN2. The number of rotatable bonds is 3. The van der Waals surface area contributed by atoms with Gasteiger partial charge in [0.15, 0.2) is 0 Å². The van der Waals surface area contributed by atoms with E-state index >= 15 is 0 Å². The molecule has 2 nitrogen and oxygen atoms in total. The van der Waals surface area contributed by atoms with Crippen molar-refractivity contribution >= 4 is 15.9 Å². The van der Waals surface area contributed by atoms with E-state index in [0.717, 1.165) is 16.6 Å². The first-order valence-corrected chi connectivity index (χ1v) is 6.78. The summed E-state index contributed by atoms with van der Waals surface area (Å²) in [6, 6.07) is 10.5. The van der Waals surface area contributed by atoms with Gasteiger partial charge >= 0.3 is 0 Å². The summed E-state index contributed by atoms with van der Waals surface area (Å²) >= 11 is 3.38. The zero-order valence-corrected chi connectivity index (χ0v) is 12.2. The van der Waals surface area contributed by atoms with E-state index < -0.39 is 0 Å². The highest BCUT2D eigenvalue weighted by molar-refractivity contribution is 9.10. The molecule has 2 rings (SSSR count). The SMILES string of the molecule is Cc1cc(C)cc(C(N)Cc2ccc(Br)cn2)c1. The van der Waals surface area contributed by atoms with Crippen molar-refractivity contribution in [3.8, 4) is 0 Å². The molecule has 1 aromatic carbocycles. The molecule has 2 aromatic rings. The Morgan fingerprint density at radius 1 is 1.17 bits per heavy atom. The summed E-state index contributed by atoms with van der Waals surface area (Å²) in [6.07, 6.45) is 2.57. The van der Waals surface area contributed by atoms with Gasteiger partial charge in [0.1, 0.15) is 0 Å². The maximum absolute atomic E-state index is 6.25. The Hall–Kier alpha value is -1.19. The predicted octanol–water partition coefficient (Wildman–Crippen LogP) is 3.70. The molecule has 1 unspecified atom stereocenters. The van der Waals surface area contributed by atoms with Crippen LogP contribution < -0.4 is 5.73 Å². The zero-order chi connectivity index (χ0) is 13.1. The van der Waals surface area contributed by atoms with E-state index in [4.69, 9.17) is 5.73 Å². The molecule has 2 N–H and O–H groups in total. The van der Waals surface area contributed by atoms with E-state index in [0.29, 0.717) is 0 Å². The second kappa shape index (κ2) is 5.63. The first-order valence-electron chi connectivity index (χ1n) is 5.99. The Labute approximate surface area is 116 Å². The molecule has 0 aliphatic carbocycles. The van der Waals surface area contributed by atoms with Crippen LogP contribution in [0.5, 0.6) is 0 Å². The van der Waals surface area contributed by atoms with Crippen LogP contribution in [0.2, 0.25) is 0 Å². The lowest BCUT2D eigenvalue weighted by atomic mass is 9.98. The van der Waals surface area contributed by atoms with Crippen LogP contribution in [0.4, 0.5) is 0 Å². The molecule has 18 heavy (non-hydrogen) atoms. The van der Waals surface area contributed by atoms with Gasteiger partial charge in [0.2, 0.25) is 0 Å². The lowest BCUT2D eigenvalue weighted by Crippen LogP contribution is -2.14. The number of pyridine rings is 1. The molecule has 0 saturated carbocycles. The molecule has 1 atom stereocenters. The van der Waals surface area contributed by atoms with E-state index in [1.807, 2.05) is 18.3 Å². The lowest BCUT2D eigenvalue weighted by molar-refractivity contribution is 0.705. The van der Waals surface area contributed by atoms with Crippen LogP contribution >= 0.6 is 15.9 Å². The van der Waals surface area contributed by atoms with Crippen LogP contribution in [0.1, 0.15) is 28.4 Å². The fourth-order valence-corrected chi connectivity index (χ4v) is 2.33. The van der Waals surface area contributed by atoms with Crippen molar-refractivity contribution in [2.24, 2.45) is 5.73 Å². The number of nitrogens with two attached hydrogens (primary N) is 1. The summed E-state index contributed by atoms with van der Waals surface area (Å²) in [7, 11) is 0. The minimum atomic E-state index is -0.00252. The van der Waals surface area contributed by atoms with Gasteiger partial charge in [-0.3, -0.25) is 4.98 Å². The fourth-order valence-electron chi connectivity index (χ4n) is 2.09. The Kier molecular flexibility index (Phi) is 4.15. The number of nitrogens with zero attached hydrogens (tertiary/aromatic N) is 1. The number of halogens is 1. The summed E-state index contributed by atoms with van der Waals surface area (Å²) < 4.78 is 0.992. The fraction of sp³-hybridized carbons (Fsp3) is 0.267. The minimum absolute atomic E-state index is 0.00252. The van der Waals surface area contributed by atoms with Crippen LogP contribution in [0.25, 0.3) is 0 Å². The molecular weight excluding hydrogens is 288 g/mol. The highest BCUT2D eigenvalue weighted by atomic mass is 79.9.